The van der Waals surface area contributed by atoms with E-state index in [1.54, 1.807) is 26.2 Å². The summed E-state index contributed by atoms with van der Waals surface area (Å²) in [6.45, 7) is 1.27. The Morgan fingerprint density at radius 3 is 2.36 bits per heavy atom. The van der Waals surface area contributed by atoms with Crippen molar-refractivity contribution in [2.24, 2.45) is 0 Å². The standard InChI is InChI=1S/C16H22FN3O2/c1-19(2)16(22)18-14-7-9-20(10-8-14)15(21)11-12-3-5-13(17)6-4-12/h3-6,14H,7-11H2,1-2H3,(H,18,22). The van der Waals surface area contributed by atoms with Crippen molar-refractivity contribution < 1.29 is 14.0 Å². The van der Waals surface area contributed by atoms with Crippen LogP contribution in [-0.4, -0.2) is 55.0 Å². The average Bonchev–Trinajstić information content (AvgIpc) is 2.50. The number of amides is 3. The van der Waals surface area contributed by atoms with Crippen LogP contribution in [0.5, 0.6) is 0 Å². The van der Waals surface area contributed by atoms with Gasteiger partial charge in [-0.15, -0.1) is 0 Å². The summed E-state index contributed by atoms with van der Waals surface area (Å²) in [4.78, 5) is 27.1. The zero-order valence-corrected chi connectivity index (χ0v) is 13.0. The number of carbonyl (C=O) groups excluding carboxylic acids is 2. The molecule has 0 aliphatic carbocycles. The summed E-state index contributed by atoms with van der Waals surface area (Å²) in [7, 11) is 3.41. The van der Waals surface area contributed by atoms with Crippen LogP contribution in [-0.2, 0) is 11.2 Å². The first-order chi connectivity index (χ1) is 10.5. The van der Waals surface area contributed by atoms with E-state index < -0.39 is 0 Å². The van der Waals surface area contributed by atoms with Gasteiger partial charge in [0, 0.05) is 33.2 Å². The number of halogens is 1. The second kappa shape index (κ2) is 7.24. The van der Waals surface area contributed by atoms with E-state index in [1.165, 1.54) is 17.0 Å². The van der Waals surface area contributed by atoms with Crippen LogP contribution in [0.2, 0.25) is 0 Å². The number of rotatable bonds is 3. The molecule has 0 radical (unpaired) electrons. The maximum Gasteiger partial charge on any atom is 0.317 e. The highest BCUT2D eigenvalue weighted by Gasteiger charge is 2.24. The molecule has 1 N–H and O–H groups in total. The van der Waals surface area contributed by atoms with E-state index in [-0.39, 0.29) is 30.2 Å². The fourth-order valence-electron chi connectivity index (χ4n) is 2.47. The SMILES string of the molecule is CN(C)C(=O)NC1CCN(C(=O)Cc2ccc(F)cc2)CC1. The molecule has 0 spiro atoms. The normalized spacial score (nSPS) is 15.5. The maximum absolute atomic E-state index is 12.8. The number of nitrogens with one attached hydrogen (secondary N) is 1. The van der Waals surface area contributed by atoms with E-state index in [2.05, 4.69) is 5.32 Å². The molecule has 5 nitrogen and oxygen atoms in total. The first-order valence-electron chi connectivity index (χ1n) is 7.45. The van der Waals surface area contributed by atoms with Crippen molar-refractivity contribution in [3.63, 3.8) is 0 Å². The highest BCUT2D eigenvalue weighted by molar-refractivity contribution is 5.79. The van der Waals surface area contributed by atoms with Crippen molar-refractivity contribution in [2.45, 2.75) is 25.3 Å². The molecule has 1 fully saturated rings. The number of hydrogen-bond acceptors (Lipinski definition) is 2. The second-order valence-corrected chi connectivity index (χ2v) is 5.80. The van der Waals surface area contributed by atoms with Gasteiger partial charge in [-0.3, -0.25) is 4.79 Å². The minimum absolute atomic E-state index is 0.0454. The third-order valence-electron chi connectivity index (χ3n) is 3.85. The molecule has 0 unspecified atom stereocenters. The molecular formula is C16H22FN3O2. The van der Waals surface area contributed by atoms with Crippen molar-refractivity contribution in [2.75, 3.05) is 27.2 Å². The summed E-state index contributed by atoms with van der Waals surface area (Å²) >= 11 is 0. The fourth-order valence-corrected chi connectivity index (χ4v) is 2.47. The van der Waals surface area contributed by atoms with Gasteiger partial charge < -0.3 is 15.1 Å². The fraction of sp³-hybridized carbons (Fsp3) is 0.500. The molecule has 1 aromatic rings. The summed E-state index contributed by atoms with van der Waals surface area (Å²) in [5, 5.41) is 2.94. The largest absolute Gasteiger partial charge is 0.342 e. The topological polar surface area (TPSA) is 52.7 Å². The highest BCUT2D eigenvalue weighted by Crippen LogP contribution is 2.13. The number of urea groups is 1. The van der Waals surface area contributed by atoms with Crippen molar-refractivity contribution >= 4 is 11.9 Å². The molecule has 3 amide bonds. The van der Waals surface area contributed by atoms with Crippen molar-refractivity contribution in [1.82, 2.24) is 15.1 Å². The Bertz CT molecular complexity index is 523. The zero-order valence-electron chi connectivity index (χ0n) is 13.0. The summed E-state index contributed by atoms with van der Waals surface area (Å²) in [5.74, 6) is -0.252. The Kier molecular flexibility index (Phi) is 5.35. The molecule has 2 rings (SSSR count). The Morgan fingerprint density at radius 2 is 1.82 bits per heavy atom. The first-order valence-corrected chi connectivity index (χ1v) is 7.45. The number of nitrogens with zero attached hydrogens (tertiary/aromatic N) is 2. The smallest absolute Gasteiger partial charge is 0.317 e. The molecule has 120 valence electrons. The van der Waals surface area contributed by atoms with Gasteiger partial charge in [-0.1, -0.05) is 12.1 Å². The van der Waals surface area contributed by atoms with Gasteiger partial charge in [-0.25, -0.2) is 9.18 Å². The first kappa shape index (κ1) is 16.3. The molecule has 0 aromatic heterocycles. The third-order valence-corrected chi connectivity index (χ3v) is 3.85. The minimum Gasteiger partial charge on any atom is -0.342 e. The number of carbonyl (C=O) groups is 2. The molecule has 0 atom stereocenters. The lowest BCUT2D eigenvalue weighted by molar-refractivity contribution is -0.131. The molecule has 1 heterocycles. The highest BCUT2D eigenvalue weighted by atomic mass is 19.1. The summed E-state index contributed by atoms with van der Waals surface area (Å²) in [6.07, 6.45) is 1.80. The van der Waals surface area contributed by atoms with Crippen LogP contribution in [0.3, 0.4) is 0 Å². The summed E-state index contributed by atoms with van der Waals surface area (Å²) in [5.41, 5.74) is 0.814. The predicted octanol–water partition coefficient (Wildman–Crippen LogP) is 1.63. The van der Waals surface area contributed by atoms with Crippen LogP contribution in [0.4, 0.5) is 9.18 Å². The van der Waals surface area contributed by atoms with Crippen molar-refractivity contribution in [3.8, 4) is 0 Å². The Morgan fingerprint density at radius 1 is 1.23 bits per heavy atom. The molecular weight excluding hydrogens is 285 g/mol. The number of hydrogen-bond donors (Lipinski definition) is 1. The Balaban J connectivity index is 1.79. The van der Waals surface area contributed by atoms with Gasteiger partial charge in [0.1, 0.15) is 5.82 Å². The average molecular weight is 307 g/mol. The molecule has 1 saturated heterocycles. The molecule has 0 bridgehead atoms. The molecule has 0 saturated carbocycles. The van der Waals surface area contributed by atoms with E-state index in [4.69, 9.17) is 0 Å². The summed E-state index contributed by atoms with van der Waals surface area (Å²) in [6, 6.07) is 6.02. The van der Waals surface area contributed by atoms with Gasteiger partial charge in [0.25, 0.3) is 0 Å². The molecule has 22 heavy (non-hydrogen) atoms. The third kappa shape index (κ3) is 4.44. The van der Waals surface area contributed by atoms with Gasteiger partial charge in [-0.05, 0) is 30.5 Å². The Labute approximate surface area is 130 Å². The molecule has 1 aromatic carbocycles. The van der Waals surface area contributed by atoms with Crippen LogP contribution < -0.4 is 5.32 Å². The summed E-state index contributed by atoms with van der Waals surface area (Å²) < 4.78 is 12.8. The van der Waals surface area contributed by atoms with Gasteiger partial charge in [0.15, 0.2) is 0 Å². The quantitative estimate of drug-likeness (QED) is 0.923. The van der Waals surface area contributed by atoms with E-state index in [0.717, 1.165) is 18.4 Å². The van der Waals surface area contributed by atoms with Crippen LogP contribution in [0.1, 0.15) is 18.4 Å². The van der Waals surface area contributed by atoms with Gasteiger partial charge in [0.05, 0.1) is 6.42 Å². The van der Waals surface area contributed by atoms with E-state index in [9.17, 15) is 14.0 Å². The van der Waals surface area contributed by atoms with Gasteiger partial charge in [-0.2, -0.15) is 0 Å². The van der Waals surface area contributed by atoms with Crippen LogP contribution >= 0.6 is 0 Å². The van der Waals surface area contributed by atoms with E-state index in [0.29, 0.717) is 13.1 Å². The lowest BCUT2D eigenvalue weighted by Gasteiger charge is -2.33. The van der Waals surface area contributed by atoms with Crippen LogP contribution in [0.25, 0.3) is 0 Å². The van der Waals surface area contributed by atoms with Gasteiger partial charge in [0.2, 0.25) is 5.91 Å². The molecule has 1 aliphatic heterocycles. The van der Waals surface area contributed by atoms with E-state index in [1.807, 2.05) is 4.90 Å². The second-order valence-electron chi connectivity index (χ2n) is 5.80. The monoisotopic (exact) mass is 307 g/mol. The van der Waals surface area contributed by atoms with E-state index >= 15 is 0 Å². The number of likely N-dealkylation sites (tertiary alicyclic amines) is 1. The van der Waals surface area contributed by atoms with Crippen LogP contribution in [0.15, 0.2) is 24.3 Å². The lowest BCUT2D eigenvalue weighted by atomic mass is 10.0. The van der Waals surface area contributed by atoms with Gasteiger partial charge >= 0.3 is 6.03 Å². The Hall–Kier alpha value is -2.11. The molecule has 6 heteroatoms. The molecule has 1 aliphatic rings. The maximum atomic E-state index is 12.8. The number of piperidine rings is 1. The minimum atomic E-state index is -0.298. The van der Waals surface area contributed by atoms with Crippen LogP contribution in [0, 0.1) is 5.82 Å². The lowest BCUT2D eigenvalue weighted by Crippen LogP contribution is -2.49. The number of benzene rings is 1. The zero-order chi connectivity index (χ0) is 16.1. The predicted molar refractivity (Wildman–Crippen MR) is 81.9 cm³/mol. The van der Waals surface area contributed by atoms with Crippen molar-refractivity contribution in [3.05, 3.63) is 35.6 Å². The van der Waals surface area contributed by atoms with Crippen molar-refractivity contribution in [1.29, 1.82) is 0 Å².